The average molecular weight is 404 g/mol. The fourth-order valence-electron chi connectivity index (χ4n) is 1.93. The van der Waals surface area contributed by atoms with Crippen LogP contribution in [0.15, 0.2) is 35.7 Å². The zero-order chi connectivity index (χ0) is 14.4. The molecular weight excluding hydrogens is 387 g/mol. The van der Waals surface area contributed by atoms with E-state index in [4.69, 9.17) is 15.3 Å². The molecule has 0 saturated heterocycles. The van der Waals surface area contributed by atoms with Crippen LogP contribution in [-0.2, 0) is 4.74 Å². The number of benzene rings is 1. The fraction of sp³-hybridized carbons (Fsp3) is 0.286. The van der Waals surface area contributed by atoms with Gasteiger partial charge in [-0.15, -0.1) is 11.3 Å². The maximum atomic E-state index is 5.77. The Morgan fingerprint density at radius 2 is 2.15 bits per heavy atom. The first kappa shape index (κ1) is 15.7. The van der Waals surface area contributed by atoms with Gasteiger partial charge < -0.3 is 9.47 Å². The van der Waals surface area contributed by atoms with Gasteiger partial charge in [-0.3, -0.25) is 5.84 Å². The lowest BCUT2D eigenvalue weighted by atomic mass is 10.0. The number of hydrazine groups is 1. The number of hydrogen-bond donors (Lipinski definition) is 2. The molecule has 1 aromatic carbocycles. The highest BCUT2D eigenvalue weighted by molar-refractivity contribution is 14.1. The van der Waals surface area contributed by atoms with Gasteiger partial charge in [0.1, 0.15) is 12.4 Å². The Bertz CT molecular complexity index is 547. The van der Waals surface area contributed by atoms with Crippen molar-refractivity contribution in [3.05, 3.63) is 49.7 Å². The highest BCUT2D eigenvalue weighted by Gasteiger charge is 2.18. The molecule has 0 aliphatic heterocycles. The smallest absolute Gasteiger partial charge is 0.124 e. The van der Waals surface area contributed by atoms with Crippen LogP contribution in [0.3, 0.4) is 0 Å². The molecule has 20 heavy (non-hydrogen) atoms. The Labute approximate surface area is 136 Å². The van der Waals surface area contributed by atoms with Crippen molar-refractivity contribution in [3.8, 4) is 5.75 Å². The van der Waals surface area contributed by atoms with Crippen LogP contribution < -0.4 is 16.0 Å². The molecule has 2 rings (SSSR count). The van der Waals surface area contributed by atoms with Gasteiger partial charge in [0.15, 0.2) is 0 Å². The Hall–Kier alpha value is -0.670. The molecule has 2 aromatic rings. The highest BCUT2D eigenvalue weighted by Crippen LogP contribution is 2.32. The standard InChI is InChI=1S/C14H17IN2O2S/c1-18-6-7-19-12-5-3-2-4-11(12)14(17-16)10-8-13(15)20-9-10/h2-5,8-9,14,17H,6-7,16H2,1H3. The van der Waals surface area contributed by atoms with Gasteiger partial charge in [0, 0.05) is 12.7 Å². The normalized spacial score (nSPS) is 12.3. The van der Waals surface area contributed by atoms with Crippen LogP contribution in [0.4, 0.5) is 0 Å². The third-order valence-corrected chi connectivity index (χ3v) is 4.67. The second-order valence-corrected chi connectivity index (χ2v) is 6.97. The van der Waals surface area contributed by atoms with E-state index in [2.05, 4.69) is 39.5 Å². The van der Waals surface area contributed by atoms with Crippen LogP contribution in [-0.4, -0.2) is 20.3 Å². The number of ether oxygens (including phenoxy) is 2. The number of rotatable bonds is 7. The predicted octanol–water partition coefficient (Wildman–Crippen LogP) is 2.93. The minimum Gasteiger partial charge on any atom is -0.491 e. The summed E-state index contributed by atoms with van der Waals surface area (Å²) in [7, 11) is 1.66. The molecule has 0 bridgehead atoms. The Morgan fingerprint density at radius 3 is 2.80 bits per heavy atom. The van der Waals surface area contributed by atoms with E-state index in [1.54, 1.807) is 18.4 Å². The van der Waals surface area contributed by atoms with E-state index < -0.39 is 0 Å². The van der Waals surface area contributed by atoms with Crippen LogP contribution in [0.2, 0.25) is 0 Å². The maximum Gasteiger partial charge on any atom is 0.124 e. The third kappa shape index (κ3) is 3.92. The van der Waals surface area contributed by atoms with Gasteiger partial charge in [-0.05, 0) is 45.7 Å². The Balaban J connectivity index is 2.25. The summed E-state index contributed by atoms with van der Waals surface area (Å²) < 4.78 is 12.0. The summed E-state index contributed by atoms with van der Waals surface area (Å²) >= 11 is 4.01. The molecule has 0 spiro atoms. The van der Waals surface area contributed by atoms with Gasteiger partial charge in [0.25, 0.3) is 0 Å². The van der Waals surface area contributed by atoms with Gasteiger partial charge in [-0.2, -0.15) is 0 Å². The second kappa shape index (κ2) is 7.94. The van der Waals surface area contributed by atoms with Gasteiger partial charge >= 0.3 is 0 Å². The summed E-state index contributed by atoms with van der Waals surface area (Å²) in [6.45, 7) is 1.08. The molecule has 1 unspecified atom stereocenters. The molecule has 0 aliphatic carbocycles. The number of nitrogens with one attached hydrogen (secondary N) is 1. The van der Waals surface area contributed by atoms with Crippen molar-refractivity contribution >= 4 is 33.9 Å². The zero-order valence-electron chi connectivity index (χ0n) is 11.1. The maximum absolute atomic E-state index is 5.77. The van der Waals surface area contributed by atoms with Crippen molar-refractivity contribution in [2.24, 2.45) is 5.84 Å². The Morgan fingerprint density at radius 1 is 1.35 bits per heavy atom. The van der Waals surface area contributed by atoms with E-state index in [9.17, 15) is 0 Å². The number of nitrogens with two attached hydrogens (primary N) is 1. The van der Waals surface area contributed by atoms with E-state index in [0.29, 0.717) is 13.2 Å². The first-order valence-electron chi connectivity index (χ1n) is 6.17. The second-order valence-electron chi connectivity index (χ2n) is 4.16. The van der Waals surface area contributed by atoms with Crippen molar-refractivity contribution in [1.82, 2.24) is 5.43 Å². The van der Waals surface area contributed by atoms with E-state index in [1.165, 1.54) is 2.88 Å². The molecule has 108 valence electrons. The zero-order valence-corrected chi connectivity index (χ0v) is 14.1. The minimum atomic E-state index is -0.0755. The quantitative estimate of drug-likeness (QED) is 0.323. The third-order valence-electron chi connectivity index (χ3n) is 2.86. The number of methoxy groups -OCH3 is 1. The van der Waals surface area contributed by atoms with Crippen LogP contribution in [0.5, 0.6) is 5.75 Å². The van der Waals surface area contributed by atoms with Crippen LogP contribution in [0.25, 0.3) is 0 Å². The minimum absolute atomic E-state index is 0.0755. The Kier molecular flexibility index (Phi) is 6.24. The molecule has 0 radical (unpaired) electrons. The number of hydrogen-bond acceptors (Lipinski definition) is 5. The summed E-state index contributed by atoms with van der Waals surface area (Å²) in [6.07, 6.45) is 0. The molecule has 1 heterocycles. The van der Waals surface area contributed by atoms with E-state index >= 15 is 0 Å². The van der Waals surface area contributed by atoms with E-state index in [1.807, 2.05) is 24.3 Å². The lowest BCUT2D eigenvalue weighted by molar-refractivity contribution is 0.145. The predicted molar refractivity (Wildman–Crippen MR) is 90.0 cm³/mol. The molecule has 4 nitrogen and oxygen atoms in total. The van der Waals surface area contributed by atoms with Crippen LogP contribution >= 0.6 is 33.9 Å². The molecule has 6 heteroatoms. The largest absolute Gasteiger partial charge is 0.491 e. The monoisotopic (exact) mass is 404 g/mol. The number of para-hydroxylation sites is 1. The summed E-state index contributed by atoms with van der Waals surface area (Å²) in [5.74, 6) is 6.57. The topological polar surface area (TPSA) is 56.5 Å². The molecular formula is C14H17IN2O2S. The average Bonchev–Trinajstić information content (AvgIpc) is 2.88. The highest BCUT2D eigenvalue weighted by atomic mass is 127. The van der Waals surface area contributed by atoms with E-state index in [-0.39, 0.29) is 6.04 Å². The van der Waals surface area contributed by atoms with Gasteiger partial charge in [-0.25, -0.2) is 5.43 Å². The molecule has 0 fully saturated rings. The summed E-state index contributed by atoms with van der Waals surface area (Å²) in [5.41, 5.74) is 5.04. The molecule has 3 N–H and O–H groups in total. The molecule has 0 amide bonds. The van der Waals surface area contributed by atoms with Gasteiger partial charge in [0.05, 0.1) is 15.5 Å². The fourth-order valence-corrected chi connectivity index (χ4v) is 3.32. The first-order chi connectivity index (χ1) is 9.76. The van der Waals surface area contributed by atoms with Crippen LogP contribution in [0, 0.1) is 2.88 Å². The number of thiophene rings is 1. The van der Waals surface area contributed by atoms with E-state index in [0.717, 1.165) is 16.9 Å². The van der Waals surface area contributed by atoms with Crippen LogP contribution in [0.1, 0.15) is 17.2 Å². The van der Waals surface area contributed by atoms with Crippen molar-refractivity contribution in [2.75, 3.05) is 20.3 Å². The summed E-state index contributed by atoms with van der Waals surface area (Å²) in [4.78, 5) is 0. The van der Waals surface area contributed by atoms with Gasteiger partial charge in [0.2, 0.25) is 0 Å². The number of halogens is 1. The lowest BCUT2D eigenvalue weighted by Gasteiger charge is -2.19. The van der Waals surface area contributed by atoms with Crippen molar-refractivity contribution in [1.29, 1.82) is 0 Å². The molecule has 1 atom stereocenters. The van der Waals surface area contributed by atoms with Crippen molar-refractivity contribution in [2.45, 2.75) is 6.04 Å². The summed E-state index contributed by atoms with van der Waals surface area (Å²) in [5, 5.41) is 2.11. The SMILES string of the molecule is COCCOc1ccccc1C(NN)c1csc(I)c1. The van der Waals surface area contributed by atoms with Crippen molar-refractivity contribution < 1.29 is 9.47 Å². The lowest BCUT2D eigenvalue weighted by Crippen LogP contribution is -2.29. The first-order valence-corrected chi connectivity index (χ1v) is 8.13. The van der Waals surface area contributed by atoms with Gasteiger partial charge in [-0.1, -0.05) is 18.2 Å². The molecule has 0 aliphatic rings. The molecule has 1 aromatic heterocycles. The van der Waals surface area contributed by atoms with Crippen molar-refractivity contribution in [3.63, 3.8) is 0 Å². The summed E-state index contributed by atoms with van der Waals surface area (Å²) in [6, 6.07) is 9.97. The molecule has 0 saturated carbocycles.